The number of halogens is 3. The third-order valence-electron chi connectivity index (χ3n) is 2.63. The summed E-state index contributed by atoms with van der Waals surface area (Å²) in [7, 11) is 0. The minimum Gasteiger partial charge on any atom is -0.231 e. The highest BCUT2D eigenvalue weighted by atomic mass is 19.4. The normalized spacial score (nSPS) is 18.3. The molecule has 1 aliphatic rings. The van der Waals surface area contributed by atoms with E-state index >= 15 is 0 Å². The predicted molar refractivity (Wildman–Crippen MR) is 47.1 cm³/mol. The van der Waals surface area contributed by atoms with Crippen LogP contribution in [0.15, 0.2) is 6.07 Å². The fourth-order valence-corrected chi connectivity index (χ4v) is 1.85. The summed E-state index contributed by atoms with van der Waals surface area (Å²) >= 11 is 0. The minimum absolute atomic E-state index is 0.0866. The first-order valence-corrected chi connectivity index (χ1v) is 4.89. The molecular weight excluding hydrogens is 205 g/mol. The Kier molecular flexibility index (Phi) is 2.63. The second kappa shape index (κ2) is 3.79. The van der Waals surface area contributed by atoms with Crippen LogP contribution in [0.2, 0.25) is 0 Å². The molecule has 1 heterocycles. The lowest BCUT2D eigenvalue weighted by Crippen LogP contribution is -2.11. The molecule has 0 aromatic carbocycles. The monoisotopic (exact) mass is 215 g/mol. The van der Waals surface area contributed by atoms with Crippen LogP contribution in [0.25, 0.3) is 0 Å². The quantitative estimate of drug-likeness (QED) is 0.719. The van der Waals surface area contributed by atoms with Gasteiger partial charge in [0, 0.05) is 5.92 Å². The molecule has 1 fully saturated rings. The van der Waals surface area contributed by atoms with Crippen molar-refractivity contribution in [1.82, 2.24) is 9.97 Å². The second-order valence-electron chi connectivity index (χ2n) is 3.72. The van der Waals surface area contributed by atoms with Crippen LogP contribution in [0.1, 0.15) is 43.1 Å². The summed E-state index contributed by atoms with van der Waals surface area (Å²) in [4.78, 5) is 7.36. The van der Waals surface area contributed by atoms with Gasteiger partial charge in [0.15, 0.2) is 0 Å². The molecule has 15 heavy (non-hydrogen) atoms. The molecule has 1 aromatic rings. The number of hydrogen-bond donors (Lipinski definition) is 0. The molecule has 1 aromatic heterocycles. The average Bonchev–Trinajstić information content (AvgIpc) is 2.69. The van der Waals surface area contributed by atoms with Crippen molar-refractivity contribution in [2.45, 2.75) is 37.8 Å². The molecular formula is C10H10F3N2. The largest absolute Gasteiger partial charge is 0.433 e. The molecule has 0 saturated heterocycles. The lowest BCUT2D eigenvalue weighted by Gasteiger charge is -2.10. The van der Waals surface area contributed by atoms with Crippen molar-refractivity contribution in [2.24, 2.45) is 0 Å². The van der Waals surface area contributed by atoms with Crippen LogP contribution in [-0.2, 0) is 6.18 Å². The number of alkyl halides is 3. The Morgan fingerprint density at radius 2 is 1.93 bits per heavy atom. The molecule has 2 rings (SSSR count). The van der Waals surface area contributed by atoms with E-state index in [1.807, 2.05) is 0 Å². The summed E-state index contributed by atoms with van der Waals surface area (Å²) in [6.07, 6.45) is 1.74. The molecule has 1 saturated carbocycles. The fraction of sp³-hybridized carbons (Fsp3) is 0.600. The van der Waals surface area contributed by atoms with Gasteiger partial charge in [0.05, 0.1) is 6.20 Å². The van der Waals surface area contributed by atoms with Crippen LogP contribution in [-0.4, -0.2) is 9.97 Å². The number of rotatable bonds is 1. The first-order valence-electron chi connectivity index (χ1n) is 4.89. The number of nitrogens with zero attached hydrogens (tertiary/aromatic N) is 2. The summed E-state index contributed by atoms with van der Waals surface area (Å²) in [6.45, 7) is 0. The van der Waals surface area contributed by atoms with Crippen molar-refractivity contribution in [2.75, 3.05) is 0 Å². The maximum atomic E-state index is 12.3. The maximum absolute atomic E-state index is 12.3. The summed E-state index contributed by atoms with van der Waals surface area (Å²) in [5.74, 6) is 0.380. The van der Waals surface area contributed by atoms with Gasteiger partial charge < -0.3 is 0 Å². The van der Waals surface area contributed by atoms with Crippen molar-refractivity contribution < 1.29 is 13.2 Å². The Labute approximate surface area is 85.6 Å². The second-order valence-corrected chi connectivity index (χ2v) is 3.72. The molecule has 5 heteroatoms. The summed E-state index contributed by atoms with van der Waals surface area (Å²) in [5.41, 5.74) is -0.889. The zero-order valence-electron chi connectivity index (χ0n) is 8.01. The van der Waals surface area contributed by atoms with Gasteiger partial charge in [0.25, 0.3) is 0 Å². The van der Waals surface area contributed by atoms with Crippen molar-refractivity contribution in [3.05, 3.63) is 23.8 Å². The Morgan fingerprint density at radius 1 is 1.27 bits per heavy atom. The Hall–Kier alpha value is -1.13. The van der Waals surface area contributed by atoms with E-state index in [0.29, 0.717) is 5.82 Å². The SMILES string of the molecule is FC(F)(F)c1c[c]nc(C2CCCC2)n1. The highest BCUT2D eigenvalue weighted by Gasteiger charge is 2.33. The van der Waals surface area contributed by atoms with Gasteiger partial charge in [-0.15, -0.1) is 0 Å². The van der Waals surface area contributed by atoms with Crippen LogP contribution in [0.4, 0.5) is 13.2 Å². The Bertz CT molecular complexity index is 343. The summed E-state index contributed by atoms with van der Waals surface area (Å²) in [5, 5.41) is 0. The molecule has 81 valence electrons. The van der Waals surface area contributed by atoms with E-state index in [0.717, 1.165) is 31.7 Å². The van der Waals surface area contributed by atoms with E-state index in [2.05, 4.69) is 16.2 Å². The first-order chi connectivity index (χ1) is 7.07. The van der Waals surface area contributed by atoms with E-state index in [-0.39, 0.29) is 5.92 Å². The van der Waals surface area contributed by atoms with Crippen LogP contribution >= 0.6 is 0 Å². The van der Waals surface area contributed by atoms with Gasteiger partial charge in [-0.2, -0.15) is 13.2 Å². The van der Waals surface area contributed by atoms with E-state index in [9.17, 15) is 13.2 Å². The fourth-order valence-electron chi connectivity index (χ4n) is 1.85. The standard InChI is InChI=1S/C10H10F3N2/c11-10(12,13)8-5-6-14-9(15-8)7-3-1-2-4-7/h5,7H,1-4H2. The highest BCUT2D eigenvalue weighted by Crippen LogP contribution is 2.33. The van der Waals surface area contributed by atoms with Crippen molar-refractivity contribution in [1.29, 1.82) is 0 Å². The van der Waals surface area contributed by atoms with E-state index in [1.54, 1.807) is 0 Å². The molecule has 1 aliphatic carbocycles. The molecule has 2 nitrogen and oxygen atoms in total. The third-order valence-corrected chi connectivity index (χ3v) is 2.63. The lowest BCUT2D eigenvalue weighted by molar-refractivity contribution is -0.141. The lowest BCUT2D eigenvalue weighted by atomic mass is 10.1. The van der Waals surface area contributed by atoms with Crippen molar-refractivity contribution in [3.63, 3.8) is 0 Å². The first kappa shape index (κ1) is 10.4. The van der Waals surface area contributed by atoms with Gasteiger partial charge >= 0.3 is 6.18 Å². The van der Waals surface area contributed by atoms with Gasteiger partial charge in [-0.1, -0.05) is 12.8 Å². The van der Waals surface area contributed by atoms with Gasteiger partial charge in [-0.3, -0.25) is 0 Å². The summed E-state index contributed by atoms with van der Waals surface area (Å²) < 4.78 is 37.0. The zero-order valence-corrected chi connectivity index (χ0v) is 8.01. The van der Waals surface area contributed by atoms with Gasteiger partial charge in [0.1, 0.15) is 11.5 Å². The topological polar surface area (TPSA) is 25.8 Å². The van der Waals surface area contributed by atoms with Crippen LogP contribution in [0, 0.1) is 6.20 Å². The molecule has 0 bridgehead atoms. The molecule has 0 unspecified atom stereocenters. The van der Waals surface area contributed by atoms with Gasteiger partial charge in [-0.25, -0.2) is 9.97 Å². The maximum Gasteiger partial charge on any atom is 0.433 e. The molecule has 0 N–H and O–H groups in total. The zero-order chi connectivity index (χ0) is 10.9. The Morgan fingerprint density at radius 3 is 2.53 bits per heavy atom. The summed E-state index contributed by atoms with van der Waals surface area (Å²) in [6, 6.07) is 0.790. The van der Waals surface area contributed by atoms with Crippen molar-refractivity contribution >= 4 is 0 Å². The van der Waals surface area contributed by atoms with Gasteiger partial charge in [0.2, 0.25) is 0 Å². The minimum atomic E-state index is -4.40. The Balaban J connectivity index is 2.26. The van der Waals surface area contributed by atoms with Crippen molar-refractivity contribution in [3.8, 4) is 0 Å². The van der Waals surface area contributed by atoms with Crippen LogP contribution in [0.5, 0.6) is 0 Å². The molecule has 0 amide bonds. The smallest absolute Gasteiger partial charge is 0.231 e. The van der Waals surface area contributed by atoms with Gasteiger partial charge in [-0.05, 0) is 18.9 Å². The predicted octanol–water partition coefficient (Wildman–Crippen LogP) is 2.95. The average molecular weight is 215 g/mol. The third kappa shape index (κ3) is 2.27. The van der Waals surface area contributed by atoms with E-state index in [1.165, 1.54) is 0 Å². The molecule has 1 radical (unpaired) electrons. The molecule has 0 aliphatic heterocycles. The number of hydrogen-bond acceptors (Lipinski definition) is 2. The number of aromatic nitrogens is 2. The highest BCUT2D eigenvalue weighted by molar-refractivity contribution is 5.08. The van der Waals surface area contributed by atoms with E-state index in [4.69, 9.17) is 0 Å². The van der Waals surface area contributed by atoms with Crippen LogP contribution in [0.3, 0.4) is 0 Å². The van der Waals surface area contributed by atoms with Crippen LogP contribution < -0.4 is 0 Å². The molecule has 0 spiro atoms. The molecule has 0 atom stereocenters. The van der Waals surface area contributed by atoms with E-state index < -0.39 is 11.9 Å².